The lowest BCUT2D eigenvalue weighted by molar-refractivity contribution is -0.384. The summed E-state index contributed by atoms with van der Waals surface area (Å²) in [5.74, 6) is -3.01. The standard InChI is InChI=1S/C31H36N2O7/c1-3-6-19(15-20-9-12-24(35)13-10-20)11-14-27(36)28-21(4-2)16-25-29(26(28)18-34)31(38)32(30(25)37)22-7-5-8-23(17-22)33(39)40/h5,7-10,12-13,15,17,25-27,29,34-36H,3-4,6,11,14,16,18H2,1-2H3/b19-15+/t25-,26+,27-,29-/m1/s1. The van der Waals surface area contributed by atoms with Gasteiger partial charge < -0.3 is 15.3 Å². The largest absolute Gasteiger partial charge is 0.508 e. The maximum Gasteiger partial charge on any atom is 0.271 e. The molecule has 1 saturated heterocycles. The van der Waals surface area contributed by atoms with Gasteiger partial charge in [0.1, 0.15) is 5.75 Å². The molecule has 9 nitrogen and oxygen atoms in total. The average Bonchev–Trinajstić information content (AvgIpc) is 3.20. The summed E-state index contributed by atoms with van der Waals surface area (Å²) in [6.45, 7) is 3.62. The van der Waals surface area contributed by atoms with Crippen LogP contribution < -0.4 is 4.90 Å². The number of nitro benzene ring substituents is 1. The van der Waals surface area contributed by atoms with E-state index >= 15 is 0 Å². The van der Waals surface area contributed by atoms with Gasteiger partial charge in [-0.1, -0.05) is 55.7 Å². The Hall–Kier alpha value is -3.82. The van der Waals surface area contributed by atoms with Crippen molar-refractivity contribution in [3.8, 4) is 5.75 Å². The monoisotopic (exact) mass is 548 g/mol. The second-order valence-electron chi connectivity index (χ2n) is 10.5. The molecule has 4 rings (SSSR count). The van der Waals surface area contributed by atoms with E-state index in [1.165, 1.54) is 24.3 Å². The number of amides is 2. The van der Waals surface area contributed by atoms with E-state index in [9.17, 15) is 35.0 Å². The first-order valence-corrected chi connectivity index (χ1v) is 13.8. The van der Waals surface area contributed by atoms with Crippen LogP contribution in [0.3, 0.4) is 0 Å². The molecule has 0 unspecified atom stereocenters. The first-order valence-electron chi connectivity index (χ1n) is 13.8. The number of benzene rings is 2. The molecule has 0 saturated carbocycles. The van der Waals surface area contributed by atoms with Crippen LogP contribution in [0.4, 0.5) is 11.4 Å². The van der Waals surface area contributed by atoms with Crippen molar-refractivity contribution in [1.29, 1.82) is 0 Å². The lowest BCUT2D eigenvalue weighted by Gasteiger charge is -2.36. The summed E-state index contributed by atoms with van der Waals surface area (Å²) in [7, 11) is 0. The van der Waals surface area contributed by atoms with Gasteiger partial charge in [-0.3, -0.25) is 19.7 Å². The molecule has 1 fully saturated rings. The SMILES string of the molecule is CCC/C(=C\c1ccc(O)cc1)CC[C@@H](O)C1=C(CC)C[C@H]2C(=O)N(c3cccc([N+](=O)[O-])c3)C(=O)[C@H]2[C@H]1CO. The molecule has 0 spiro atoms. The molecular formula is C31H36N2O7. The molecule has 212 valence electrons. The van der Waals surface area contributed by atoms with Crippen molar-refractivity contribution >= 4 is 29.3 Å². The maximum atomic E-state index is 13.6. The molecule has 40 heavy (non-hydrogen) atoms. The molecule has 4 atom stereocenters. The highest BCUT2D eigenvalue weighted by molar-refractivity contribution is 6.22. The zero-order valence-electron chi connectivity index (χ0n) is 22.8. The van der Waals surface area contributed by atoms with Gasteiger partial charge in [0.05, 0.1) is 35.2 Å². The number of rotatable bonds is 11. The number of aliphatic hydroxyl groups excluding tert-OH is 2. The predicted octanol–water partition coefficient (Wildman–Crippen LogP) is 5.15. The van der Waals surface area contributed by atoms with Crippen molar-refractivity contribution < 1.29 is 29.8 Å². The molecule has 0 bridgehead atoms. The Bertz CT molecular complexity index is 1330. The summed E-state index contributed by atoms with van der Waals surface area (Å²) >= 11 is 0. The van der Waals surface area contributed by atoms with Gasteiger partial charge in [0.2, 0.25) is 11.8 Å². The Morgan fingerprint density at radius 1 is 1.12 bits per heavy atom. The number of imide groups is 1. The first kappa shape index (κ1) is 29.2. The molecule has 9 heteroatoms. The van der Waals surface area contributed by atoms with Crippen LogP contribution in [0.2, 0.25) is 0 Å². The molecule has 2 amide bonds. The fourth-order valence-corrected chi connectivity index (χ4v) is 6.17. The van der Waals surface area contributed by atoms with Crippen molar-refractivity contribution in [1.82, 2.24) is 0 Å². The number of anilines is 1. The number of carbonyl (C=O) groups is 2. The number of aromatic hydroxyl groups is 1. The first-order chi connectivity index (χ1) is 19.2. The van der Waals surface area contributed by atoms with Crippen LogP contribution in [0.5, 0.6) is 5.75 Å². The average molecular weight is 549 g/mol. The molecule has 2 aromatic carbocycles. The number of carbonyl (C=O) groups excluding carboxylic acids is 2. The Morgan fingerprint density at radius 3 is 2.48 bits per heavy atom. The quantitative estimate of drug-likeness (QED) is 0.153. The minimum absolute atomic E-state index is 0.138. The zero-order valence-corrected chi connectivity index (χ0v) is 22.8. The molecule has 2 aromatic rings. The van der Waals surface area contributed by atoms with Crippen LogP contribution in [0, 0.1) is 27.9 Å². The number of fused-ring (bicyclic) bond motifs is 1. The minimum atomic E-state index is -0.900. The Kier molecular flexibility index (Phi) is 9.17. The number of nitrogens with zero attached hydrogens (tertiary/aromatic N) is 2. The maximum absolute atomic E-state index is 13.6. The lowest BCUT2D eigenvalue weighted by atomic mass is 9.67. The highest BCUT2D eigenvalue weighted by atomic mass is 16.6. The van der Waals surface area contributed by atoms with Crippen molar-refractivity contribution in [2.45, 2.75) is 58.5 Å². The van der Waals surface area contributed by atoms with Gasteiger partial charge in [-0.05, 0) is 61.4 Å². The van der Waals surface area contributed by atoms with Crippen LogP contribution in [-0.2, 0) is 9.59 Å². The fraction of sp³-hybridized carbons (Fsp3) is 0.419. The van der Waals surface area contributed by atoms with E-state index in [1.807, 2.05) is 19.1 Å². The molecule has 3 N–H and O–H groups in total. The molecule has 1 aliphatic carbocycles. The van der Waals surface area contributed by atoms with E-state index in [1.54, 1.807) is 12.1 Å². The number of nitro groups is 1. The number of phenols is 1. The molecule has 0 aromatic heterocycles. The van der Waals surface area contributed by atoms with Crippen molar-refractivity contribution in [3.63, 3.8) is 0 Å². The summed E-state index contributed by atoms with van der Waals surface area (Å²) < 4.78 is 0. The summed E-state index contributed by atoms with van der Waals surface area (Å²) in [6.07, 6.45) is 4.79. The van der Waals surface area contributed by atoms with Gasteiger partial charge in [-0.15, -0.1) is 0 Å². The van der Waals surface area contributed by atoms with E-state index in [4.69, 9.17) is 0 Å². The minimum Gasteiger partial charge on any atom is -0.508 e. The second kappa shape index (κ2) is 12.6. The molecular weight excluding hydrogens is 512 g/mol. The molecule has 1 heterocycles. The number of allylic oxidation sites excluding steroid dienone is 2. The van der Waals surface area contributed by atoms with E-state index in [-0.39, 0.29) is 17.1 Å². The third-order valence-electron chi connectivity index (χ3n) is 8.04. The van der Waals surface area contributed by atoms with Gasteiger partial charge in [0.15, 0.2) is 0 Å². The summed E-state index contributed by atoms with van der Waals surface area (Å²) in [6, 6.07) is 12.4. The van der Waals surface area contributed by atoms with E-state index < -0.39 is 47.2 Å². The number of phenolic OH excluding ortho intramolecular Hbond substituents is 1. The predicted molar refractivity (Wildman–Crippen MR) is 151 cm³/mol. The van der Waals surface area contributed by atoms with Crippen molar-refractivity contribution in [2.75, 3.05) is 11.5 Å². The second-order valence-corrected chi connectivity index (χ2v) is 10.5. The molecule has 0 radical (unpaired) electrons. The van der Waals surface area contributed by atoms with Crippen LogP contribution >= 0.6 is 0 Å². The Balaban J connectivity index is 1.59. The van der Waals surface area contributed by atoms with Gasteiger partial charge >= 0.3 is 0 Å². The van der Waals surface area contributed by atoms with Crippen molar-refractivity contribution in [3.05, 3.63) is 80.9 Å². The van der Waals surface area contributed by atoms with Gasteiger partial charge in [0.25, 0.3) is 5.69 Å². The van der Waals surface area contributed by atoms with Crippen LogP contribution in [0.15, 0.2) is 65.3 Å². The fourth-order valence-electron chi connectivity index (χ4n) is 6.17. The van der Waals surface area contributed by atoms with E-state index in [0.29, 0.717) is 31.3 Å². The van der Waals surface area contributed by atoms with Crippen LogP contribution in [0.25, 0.3) is 6.08 Å². The smallest absolute Gasteiger partial charge is 0.271 e. The topological polar surface area (TPSA) is 141 Å². The Morgan fingerprint density at radius 2 is 1.85 bits per heavy atom. The van der Waals surface area contributed by atoms with E-state index in [2.05, 4.69) is 13.0 Å². The normalized spacial score (nSPS) is 22.1. The lowest BCUT2D eigenvalue weighted by Crippen LogP contribution is -2.39. The molecule has 2 aliphatic rings. The number of aliphatic hydroxyl groups is 2. The summed E-state index contributed by atoms with van der Waals surface area (Å²) in [5.41, 5.74) is 3.51. The third kappa shape index (κ3) is 5.85. The summed E-state index contributed by atoms with van der Waals surface area (Å²) in [5, 5.41) is 42.8. The number of hydrogen-bond acceptors (Lipinski definition) is 7. The number of hydrogen-bond donors (Lipinski definition) is 3. The van der Waals surface area contributed by atoms with Crippen LogP contribution in [0.1, 0.15) is 57.9 Å². The van der Waals surface area contributed by atoms with Gasteiger partial charge in [-0.25, -0.2) is 4.90 Å². The van der Waals surface area contributed by atoms with E-state index in [0.717, 1.165) is 34.5 Å². The van der Waals surface area contributed by atoms with Crippen LogP contribution in [-0.4, -0.2) is 44.8 Å². The van der Waals surface area contributed by atoms with Crippen molar-refractivity contribution in [2.24, 2.45) is 17.8 Å². The molecule has 1 aliphatic heterocycles. The van der Waals surface area contributed by atoms with Gasteiger partial charge in [-0.2, -0.15) is 0 Å². The Labute approximate surface area is 233 Å². The van der Waals surface area contributed by atoms with Gasteiger partial charge in [0, 0.05) is 18.1 Å². The highest BCUT2D eigenvalue weighted by Crippen LogP contribution is 2.48. The summed E-state index contributed by atoms with van der Waals surface area (Å²) in [4.78, 5) is 38.8. The zero-order chi connectivity index (χ0) is 29.0. The third-order valence-corrected chi connectivity index (χ3v) is 8.04. The highest BCUT2D eigenvalue weighted by Gasteiger charge is 2.55. The number of non-ortho nitro benzene ring substituents is 1.